The Kier molecular flexibility index (Phi) is 13.7. The molecule has 0 aliphatic heterocycles. The van der Waals surface area contributed by atoms with Gasteiger partial charge in [-0.05, 0) is 51.7 Å². The van der Waals surface area contributed by atoms with E-state index in [1.54, 1.807) is 25.7 Å². The molecule has 2 rings (SSSR count). The number of carbonyl (C=O) groups excluding carboxylic acids is 3. The van der Waals surface area contributed by atoms with Crippen molar-refractivity contribution in [2.24, 2.45) is 0 Å². The second kappa shape index (κ2) is 16.7. The first-order valence-corrected chi connectivity index (χ1v) is 14.7. The van der Waals surface area contributed by atoms with Crippen molar-refractivity contribution in [2.75, 3.05) is 13.1 Å². The molecule has 3 amide bonds. The standard InChI is InChI=1S/C33H49N3O4/c1-7-9-14-21-34-30(37)29(27-20-16-17-25(3)23-27)36(22-15-10-8-2)31(38)28(24-26-18-12-11-13-19-26)35-32(39)40-33(4,5)6/h11-13,16-20,23,28-29H,7-10,14-15,21-22,24H2,1-6H3,(H,34,37)(H,35,39). The molecule has 0 bridgehead atoms. The van der Waals surface area contributed by atoms with Crippen LogP contribution in [-0.2, 0) is 20.7 Å². The highest BCUT2D eigenvalue weighted by atomic mass is 16.6. The minimum Gasteiger partial charge on any atom is -0.444 e. The molecule has 7 nitrogen and oxygen atoms in total. The number of aryl methyl sites for hydroxylation is 1. The van der Waals surface area contributed by atoms with Gasteiger partial charge < -0.3 is 20.3 Å². The summed E-state index contributed by atoms with van der Waals surface area (Å²) in [4.78, 5) is 42.7. The number of amides is 3. The van der Waals surface area contributed by atoms with Crippen LogP contribution in [0.3, 0.4) is 0 Å². The van der Waals surface area contributed by atoms with Gasteiger partial charge in [0.25, 0.3) is 0 Å². The summed E-state index contributed by atoms with van der Waals surface area (Å²) >= 11 is 0. The minimum atomic E-state index is -0.904. The highest BCUT2D eigenvalue weighted by Gasteiger charge is 2.36. The summed E-state index contributed by atoms with van der Waals surface area (Å²) in [6, 6.07) is 15.6. The van der Waals surface area contributed by atoms with E-state index in [9.17, 15) is 14.4 Å². The van der Waals surface area contributed by atoms with E-state index in [0.717, 1.165) is 55.2 Å². The van der Waals surface area contributed by atoms with Crippen molar-refractivity contribution in [2.45, 2.75) is 104 Å². The average molecular weight is 552 g/mol. The summed E-state index contributed by atoms with van der Waals surface area (Å²) in [6.07, 6.45) is 5.22. The van der Waals surface area contributed by atoms with Gasteiger partial charge in [-0.15, -0.1) is 0 Å². The summed E-state index contributed by atoms with van der Waals surface area (Å²) in [5, 5.41) is 5.90. The number of alkyl carbamates (subject to hydrolysis) is 1. The summed E-state index contributed by atoms with van der Waals surface area (Å²) in [5.74, 6) is -0.511. The third-order valence-electron chi connectivity index (χ3n) is 6.55. The van der Waals surface area contributed by atoms with Gasteiger partial charge in [-0.25, -0.2) is 4.79 Å². The fourth-order valence-electron chi connectivity index (χ4n) is 4.59. The Balaban J connectivity index is 2.50. The van der Waals surface area contributed by atoms with E-state index < -0.39 is 23.8 Å². The highest BCUT2D eigenvalue weighted by molar-refractivity contribution is 5.92. The van der Waals surface area contributed by atoms with Crippen molar-refractivity contribution in [1.29, 1.82) is 0 Å². The molecule has 0 saturated carbocycles. The van der Waals surface area contributed by atoms with Gasteiger partial charge >= 0.3 is 6.09 Å². The molecule has 0 heterocycles. The zero-order valence-electron chi connectivity index (χ0n) is 25.3. The van der Waals surface area contributed by atoms with Crippen molar-refractivity contribution < 1.29 is 19.1 Å². The Labute approximate surface area is 241 Å². The number of benzene rings is 2. The lowest BCUT2D eigenvalue weighted by atomic mass is 9.98. The Morgan fingerprint density at radius 3 is 2.20 bits per heavy atom. The van der Waals surface area contributed by atoms with Crippen molar-refractivity contribution in [3.05, 3.63) is 71.3 Å². The number of hydrogen-bond donors (Lipinski definition) is 2. The SMILES string of the molecule is CCCCCNC(=O)C(c1cccc(C)c1)N(CCCCC)C(=O)C(Cc1ccccc1)NC(=O)OC(C)(C)C. The molecule has 0 spiro atoms. The van der Waals surface area contributed by atoms with Crippen LogP contribution in [0.25, 0.3) is 0 Å². The van der Waals surface area contributed by atoms with Crippen LogP contribution >= 0.6 is 0 Å². The molecule has 2 atom stereocenters. The van der Waals surface area contributed by atoms with E-state index in [1.165, 1.54) is 0 Å². The molecule has 2 N–H and O–H groups in total. The Bertz CT molecular complexity index is 1060. The smallest absolute Gasteiger partial charge is 0.408 e. The monoisotopic (exact) mass is 551 g/mol. The molecule has 2 aromatic carbocycles. The van der Waals surface area contributed by atoms with Crippen LogP contribution < -0.4 is 10.6 Å². The van der Waals surface area contributed by atoms with Crippen molar-refractivity contribution in [3.8, 4) is 0 Å². The molecule has 0 saturated heterocycles. The second-order valence-electron chi connectivity index (χ2n) is 11.4. The Hall–Kier alpha value is -3.35. The van der Waals surface area contributed by atoms with Gasteiger partial charge in [0.1, 0.15) is 17.7 Å². The first-order valence-electron chi connectivity index (χ1n) is 14.7. The lowest BCUT2D eigenvalue weighted by Crippen LogP contribution is -2.54. The fourth-order valence-corrected chi connectivity index (χ4v) is 4.59. The van der Waals surface area contributed by atoms with Crippen LogP contribution in [0.2, 0.25) is 0 Å². The summed E-state index contributed by atoms with van der Waals surface area (Å²) in [5.41, 5.74) is 1.96. The number of nitrogens with one attached hydrogen (secondary N) is 2. The van der Waals surface area contributed by atoms with Gasteiger partial charge in [0, 0.05) is 19.5 Å². The van der Waals surface area contributed by atoms with Crippen LogP contribution in [0, 0.1) is 6.92 Å². The number of ether oxygens (including phenoxy) is 1. The van der Waals surface area contributed by atoms with Gasteiger partial charge in [0.2, 0.25) is 11.8 Å². The highest BCUT2D eigenvalue weighted by Crippen LogP contribution is 2.25. The van der Waals surface area contributed by atoms with Gasteiger partial charge in [-0.3, -0.25) is 9.59 Å². The van der Waals surface area contributed by atoms with Gasteiger partial charge in [-0.1, -0.05) is 99.7 Å². The molecule has 7 heteroatoms. The Morgan fingerprint density at radius 1 is 0.900 bits per heavy atom. The molecule has 220 valence electrons. The summed E-state index contributed by atoms with van der Waals surface area (Å²) < 4.78 is 5.52. The summed E-state index contributed by atoms with van der Waals surface area (Å²) in [7, 11) is 0. The molecule has 40 heavy (non-hydrogen) atoms. The molecule has 2 unspecified atom stereocenters. The number of carbonyl (C=O) groups is 3. The van der Waals surface area contributed by atoms with E-state index in [-0.39, 0.29) is 18.2 Å². The topological polar surface area (TPSA) is 87.7 Å². The maximum atomic E-state index is 14.4. The third kappa shape index (κ3) is 11.4. The van der Waals surface area contributed by atoms with E-state index >= 15 is 0 Å². The van der Waals surface area contributed by atoms with Crippen LogP contribution in [0.15, 0.2) is 54.6 Å². The van der Waals surface area contributed by atoms with Gasteiger partial charge in [0.05, 0.1) is 0 Å². The fraction of sp³-hybridized carbons (Fsp3) is 0.545. The zero-order chi connectivity index (χ0) is 29.5. The number of hydrogen-bond acceptors (Lipinski definition) is 4. The van der Waals surface area contributed by atoms with Crippen LogP contribution in [0.4, 0.5) is 4.79 Å². The number of nitrogens with zero attached hydrogens (tertiary/aromatic N) is 1. The van der Waals surface area contributed by atoms with E-state index in [1.807, 2.05) is 61.5 Å². The Morgan fingerprint density at radius 2 is 1.57 bits per heavy atom. The third-order valence-corrected chi connectivity index (χ3v) is 6.55. The molecule has 0 aliphatic rings. The summed E-state index contributed by atoms with van der Waals surface area (Å²) in [6.45, 7) is 12.5. The van der Waals surface area contributed by atoms with Crippen molar-refractivity contribution >= 4 is 17.9 Å². The van der Waals surface area contributed by atoms with E-state index in [2.05, 4.69) is 24.5 Å². The maximum absolute atomic E-state index is 14.4. The molecule has 2 aromatic rings. The van der Waals surface area contributed by atoms with E-state index in [0.29, 0.717) is 13.1 Å². The largest absolute Gasteiger partial charge is 0.444 e. The first kappa shape index (κ1) is 32.9. The first-order chi connectivity index (χ1) is 19.1. The molecule has 0 aliphatic carbocycles. The lowest BCUT2D eigenvalue weighted by Gasteiger charge is -2.35. The maximum Gasteiger partial charge on any atom is 0.408 e. The van der Waals surface area contributed by atoms with Gasteiger partial charge in [0.15, 0.2) is 0 Å². The quantitative estimate of drug-likeness (QED) is 0.248. The van der Waals surface area contributed by atoms with Crippen LogP contribution in [0.1, 0.15) is 95.9 Å². The molecule has 0 radical (unpaired) electrons. The zero-order valence-corrected chi connectivity index (χ0v) is 25.3. The van der Waals surface area contributed by atoms with Crippen molar-refractivity contribution in [1.82, 2.24) is 15.5 Å². The minimum absolute atomic E-state index is 0.206. The molecular formula is C33H49N3O4. The average Bonchev–Trinajstić information content (AvgIpc) is 2.89. The van der Waals surface area contributed by atoms with E-state index in [4.69, 9.17) is 4.74 Å². The molecule has 0 fully saturated rings. The van der Waals surface area contributed by atoms with Crippen molar-refractivity contribution in [3.63, 3.8) is 0 Å². The van der Waals surface area contributed by atoms with Crippen LogP contribution in [-0.4, -0.2) is 47.5 Å². The predicted molar refractivity (Wildman–Crippen MR) is 161 cm³/mol. The van der Waals surface area contributed by atoms with Gasteiger partial charge in [-0.2, -0.15) is 0 Å². The number of unbranched alkanes of at least 4 members (excludes halogenated alkanes) is 4. The normalized spacial score (nSPS) is 12.8. The molecule has 0 aromatic heterocycles. The van der Waals surface area contributed by atoms with Crippen LogP contribution in [0.5, 0.6) is 0 Å². The number of rotatable bonds is 15. The second-order valence-corrected chi connectivity index (χ2v) is 11.4. The lowest BCUT2D eigenvalue weighted by molar-refractivity contribution is -0.142. The predicted octanol–water partition coefficient (Wildman–Crippen LogP) is 6.50. The molecular weight excluding hydrogens is 502 g/mol.